The van der Waals surface area contributed by atoms with E-state index in [1.54, 1.807) is 0 Å². The Bertz CT molecular complexity index is 792. The van der Waals surface area contributed by atoms with E-state index in [-0.39, 0.29) is 30.8 Å². The van der Waals surface area contributed by atoms with E-state index >= 15 is 0 Å². The van der Waals surface area contributed by atoms with Crippen LogP contribution in [-0.4, -0.2) is 44.5 Å². The van der Waals surface area contributed by atoms with E-state index in [2.05, 4.69) is 29.6 Å². The second-order valence-electron chi connectivity index (χ2n) is 6.73. The third-order valence-electron chi connectivity index (χ3n) is 4.82. The van der Waals surface area contributed by atoms with Crippen LogP contribution in [0.2, 0.25) is 0 Å². The Hall–Kier alpha value is -2.18. The maximum Gasteiger partial charge on any atom is 0.225 e. The quantitative estimate of drug-likeness (QED) is 0.810. The van der Waals surface area contributed by atoms with Gasteiger partial charge >= 0.3 is 0 Å². The van der Waals surface area contributed by atoms with Gasteiger partial charge < -0.3 is 5.32 Å². The number of rotatable bonds is 7. The molecule has 1 heterocycles. The molecule has 6 heteroatoms. The molecule has 0 aliphatic carbocycles. The van der Waals surface area contributed by atoms with Gasteiger partial charge in [-0.15, -0.1) is 0 Å². The van der Waals surface area contributed by atoms with Crippen LogP contribution in [0, 0.1) is 5.92 Å². The predicted molar refractivity (Wildman–Crippen MR) is 102 cm³/mol. The maximum atomic E-state index is 12.2. The fourth-order valence-electron chi connectivity index (χ4n) is 3.26. The summed E-state index contributed by atoms with van der Waals surface area (Å²) in [6.45, 7) is 1.12. The van der Waals surface area contributed by atoms with Crippen molar-refractivity contribution in [1.82, 2.24) is 9.62 Å². The molecular weight excluding hydrogens is 348 g/mol. The van der Waals surface area contributed by atoms with E-state index < -0.39 is 10.0 Å². The zero-order valence-electron chi connectivity index (χ0n) is 14.8. The van der Waals surface area contributed by atoms with Crippen molar-refractivity contribution in [3.05, 3.63) is 71.8 Å². The molecule has 0 aromatic heterocycles. The third kappa shape index (κ3) is 4.51. The summed E-state index contributed by atoms with van der Waals surface area (Å²) in [5.74, 6) is -0.0898. The van der Waals surface area contributed by atoms with Crippen LogP contribution < -0.4 is 5.32 Å². The molecule has 1 aliphatic rings. The molecule has 1 aliphatic heterocycles. The average molecular weight is 372 g/mol. The number of benzene rings is 2. The van der Waals surface area contributed by atoms with Gasteiger partial charge in [0.15, 0.2) is 0 Å². The van der Waals surface area contributed by atoms with Crippen molar-refractivity contribution in [2.75, 3.05) is 25.9 Å². The van der Waals surface area contributed by atoms with Gasteiger partial charge in [-0.25, -0.2) is 12.7 Å². The van der Waals surface area contributed by atoms with Gasteiger partial charge in [0.25, 0.3) is 0 Å². The predicted octanol–water partition coefficient (Wildman–Crippen LogP) is 2.22. The molecule has 1 N–H and O–H groups in total. The van der Waals surface area contributed by atoms with E-state index in [4.69, 9.17) is 0 Å². The smallest absolute Gasteiger partial charge is 0.225 e. The molecule has 5 nitrogen and oxygen atoms in total. The van der Waals surface area contributed by atoms with E-state index in [9.17, 15) is 13.2 Å². The highest BCUT2D eigenvalue weighted by Gasteiger charge is 2.37. The van der Waals surface area contributed by atoms with E-state index in [0.717, 1.165) is 6.42 Å². The van der Waals surface area contributed by atoms with Gasteiger partial charge in [-0.2, -0.15) is 0 Å². The fourth-order valence-corrected chi connectivity index (χ4v) is 4.16. The number of amides is 1. The first kappa shape index (κ1) is 18.6. The summed E-state index contributed by atoms with van der Waals surface area (Å²) in [6, 6.07) is 20.5. The summed E-state index contributed by atoms with van der Waals surface area (Å²) >= 11 is 0. The zero-order chi connectivity index (χ0) is 18.6. The minimum atomic E-state index is -3.19. The average Bonchev–Trinajstić information content (AvgIpc) is 2.58. The first-order valence-corrected chi connectivity index (χ1v) is 10.6. The normalized spacial score (nSPS) is 15.6. The molecule has 0 saturated carbocycles. The largest absolute Gasteiger partial charge is 0.356 e. The number of nitrogens with one attached hydrogen (secondary N) is 1. The molecule has 0 radical (unpaired) electrons. The highest BCUT2D eigenvalue weighted by molar-refractivity contribution is 7.88. The molecule has 2 aromatic carbocycles. The Balaban J connectivity index is 1.57. The van der Waals surface area contributed by atoms with Crippen LogP contribution in [0.3, 0.4) is 0 Å². The lowest BCUT2D eigenvalue weighted by molar-refractivity contribution is -0.128. The van der Waals surface area contributed by atoms with Crippen LogP contribution in [0.5, 0.6) is 0 Å². The second kappa shape index (κ2) is 8.01. The molecule has 3 rings (SSSR count). The van der Waals surface area contributed by atoms with E-state index in [0.29, 0.717) is 6.54 Å². The number of carbonyl (C=O) groups excluding carboxylic acids is 1. The summed E-state index contributed by atoms with van der Waals surface area (Å²) in [6.07, 6.45) is 1.97. The van der Waals surface area contributed by atoms with Crippen LogP contribution in [0.1, 0.15) is 23.5 Å². The monoisotopic (exact) mass is 372 g/mol. The number of hydrogen-bond acceptors (Lipinski definition) is 3. The van der Waals surface area contributed by atoms with Crippen molar-refractivity contribution in [2.45, 2.75) is 12.3 Å². The van der Waals surface area contributed by atoms with Crippen molar-refractivity contribution < 1.29 is 13.2 Å². The minimum absolute atomic E-state index is 0.0650. The molecule has 0 spiro atoms. The fraction of sp³-hybridized carbons (Fsp3) is 0.350. The molecule has 0 atom stereocenters. The van der Waals surface area contributed by atoms with Crippen LogP contribution in [0.25, 0.3) is 0 Å². The zero-order valence-corrected chi connectivity index (χ0v) is 15.7. The van der Waals surface area contributed by atoms with Crippen molar-refractivity contribution in [2.24, 2.45) is 5.92 Å². The Kier molecular flexibility index (Phi) is 5.74. The lowest BCUT2D eigenvalue weighted by atomic mass is 9.88. The molecule has 0 unspecified atom stereocenters. The van der Waals surface area contributed by atoms with Gasteiger partial charge in [0.1, 0.15) is 0 Å². The van der Waals surface area contributed by atoms with E-state index in [1.807, 2.05) is 36.4 Å². The van der Waals surface area contributed by atoms with Gasteiger partial charge in [-0.05, 0) is 17.5 Å². The summed E-state index contributed by atoms with van der Waals surface area (Å²) in [4.78, 5) is 12.2. The molecule has 2 aromatic rings. The molecule has 26 heavy (non-hydrogen) atoms. The third-order valence-corrected chi connectivity index (χ3v) is 6.06. The Morgan fingerprint density at radius 2 is 1.54 bits per heavy atom. The molecule has 1 fully saturated rings. The van der Waals surface area contributed by atoms with E-state index in [1.165, 1.54) is 21.7 Å². The number of carbonyl (C=O) groups is 1. The highest BCUT2D eigenvalue weighted by atomic mass is 32.2. The van der Waals surface area contributed by atoms with Gasteiger partial charge in [0.05, 0.1) is 12.2 Å². The number of hydrogen-bond donors (Lipinski definition) is 1. The maximum absolute atomic E-state index is 12.2. The van der Waals surface area contributed by atoms with Gasteiger partial charge in [-0.3, -0.25) is 4.79 Å². The lowest BCUT2D eigenvalue weighted by Crippen LogP contribution is -2.55. The van der Waals surface area contributed by atoms with Crippen molar-refractivity contribution in [3.63, 3.8) is 0 Å². The number of nitrogens with zero attached hydrogens (tertiary/aromatic N) is 1. The molecule has 138 valence electrons. The summed E-state index contributed by atoms with van der Waals surface area (Å²) < 4.78 is 24.1. The van der Waals surface area contributed by atoms with Crippen molar-refractivity contribution in [1.29, 1.82) is 0 Å². The topological polar surface area (TPSA) is 66.5 Å². The Morgan fingerprint density at radius 1 is 1.04 bits per heavy atom. The summed E-state index contributed by atoms with van der Waals surface area (Å²) in [5, 5.41) is 2.97. The first-order chi connectivity index (χ1) is 12.4. The minimum Gasteiger partial charge on any atom is -0.356 e. The van der Waals surface area contributed by atoms with Crippen molar-refractivity contribution in [3.8, 4) is 0 Å². The van der Waals surface area contributed by atoms with Gasteiger partial charge in [-0.1, -0.05) is 60.7 Å². The van der Waals surface area contributed by atoms with Gasteiger partial charge in [0.2, 0.25) is 15.9 Å². The summed E-state index contributed by atoms with van der Waals surface area (Å²) in [7, 11) is -3.19. The SMILES string of the molecule is CS(=O)(=O)N1CC(C(=O)NCCC(c2ccccc2)c2ccccc2)C1. The van der Waals surface area contributed by atoms with Crippen LogP contribution in [-0.2, 0) is 14.8 Å². The standard InChI is InChI=1S/C20H24N2O3S/c1-26(24,25)22-14-18(15-22)20(23)21-13-12-19(16-8-4-2-5-9-16)17-10-6-3-7-11-17/h2-11,18-19H,12-15H2,1H3,(H,21,23). The second-order valence-corrected chi connectivity index (χ2v) is 8.71. The highest BCUT2D eigenvalue weighted by Crippen LogP contribution is 2.27. The van der Waals surface area contributed by atoms with Crippen LogP contribution in [0.15, 0.2) is 60.7 Å². The first-order valence-electron chi connectivity index (χ1n) is 8.78. The van der Waals surface area contributed by atoms with Crippen LogP contribution in [0.4, 0.5) is 0 Å². The molecule has 1 amide bonds. The Morgan fingerprint density at radius 3 is 2.00 bits per heavy atom. The lowest BCUT2D eigenvalue weighted by Gasteiger charge is -2.36. The molecular formula is C20H24N2O3S. The van der Waals surface area contributed by atoms with Crippen molar-refractivity contribution >= 4 is 15.9 Å². The summed E-state index contributed by atoms with van der Waals surface area (Å²) in [5.41, 5.74) is 2.44. The van der Waals surface area contributed by atoms with Crippen LogP contribution >= 0.6 is 0 Å². The Labute approximate surface area is 155 Å². The molecule has 1 saturated heterocycles. The molecule has 0 bridgehead atoms. The van der Waals surface area contributed by atoms with Gasteiger partial charge in [0, 0.05) is 25.6 Å². The number of sulfonamides is 1.